The van der Waals surface area contributed by atoms with Gasteiger partial charge in [0.05, 0.1) is 12.1 Å². The Bertz CT molecular complexity index is 616. The molecule has 0 bridgehead atoms. The fourth-order valence-electron chi connectivity index (χ4n) is 1.62. The summed E-state index contributed by atoms with van der Waals surface area (Å²) >= 11 is 3.17. The minimum Gasteiger partial charge on any atom is -0.508 e. The molecule has 0 aliphatic carbocycles. The molecular weight excluding hydrogens is 313 g/mol. The number of carbonyl (C=O) groups is 1. The molecule has 0 aromatic heterocycles. The molecule has 0 radical (unpaired) electrons. The van der Waals surface area contributed by atoms with Gasteiger partial charge in [-0.15, -0.1) is 0 Å². The Morgan fingerprint density at radius 3 is 2.68 bits per heavy atom. The molecule has 0 fully saturated rings. The van der Waals surface area contributed by atoms with Crippen LogP contribution in [0.2, 0.25) is 0 Å². The molecule has 2 aromatic rings. The molecule has 1 amide bonds. The number of halogens is 2. The molecule has 0 saturated heterocycles. The van der Waals surface area contributed by atoms with Crippen molar-refractivity contribution in [3.63, 3.8) is 0 Å². The number of rotatable bonds is 3. The Morgan fingerprint density at radius 2 is 2.00 bits per heavy atom. The topological polar surface area (TPSA) is 49.3 Å². The van der Waals surface area contributed by atoms with Crippen LogP contribution in [0.5, 0.6) is 5.75 Å². The molecule has 0 unspecified atom stereocenters. The zero-order valence-corrected chi connectivity index (χ0v) is 11.4. The number of benzene rings is 2. The van der Waals surface area contributed by atoms with Gasteiger partial charge in [-0.05, 0) is 40.2 Å². The second-order valence-electron chi connectivity index (χ2n) is 3.98. The molecular formula is C14H11BrFNO2. The molecule has 0 aliphatic heterocycles. The van der Waals surface area contributed by atoms with Gasteiger partial charge in [-0.25, -0.2) is 4.39 Å². The molecule has 5 heteroatoms. The molecule has 2 rings (SSSR count). The molecule has 3 nitrogen and oxygen atoms in total. The average Bonchev–Trinajstić information content (AvgIpc) is 2.36. The van der Waals surface area contributed by atoms with E-state index in [2.05, 4.69) is 21.2 Å². The smallest absolute Gasteiger partial charge is 0.228 e. The van der Waals surface area contributed by atoms with E-state index < -0.39 is 0 Å². The number of aromatic hydroxyl groups is 1. The summed E-state index contributed by atoms with van der Waals surface area (Å²) in [5, 5.41) is 12.2. The van der Waals surface area contributed by atoms with Crippen molar-refractivity contribution < 1.29 is 14.3 Å². The summed E-state index contributed by atoms with van der Waals surface area (Å²) in [6, 6.07) is 10.6. The Balaban J connectivity index is 2.08. The second kappa shape index (κ2) is 5.84. The zero-order valence-electron chi connectivity index (χ0n) is 9.86. The summed E-state index contributed by atoms with van der Waals surface area (Å²) in [6.45, 7) is 0. The first-order valence-corrected chi connectivity index (χ1v) is 6.37. The van der Waals surface area contributed by atoms with E-state index in [0.29, 0.717) is 15.7 Å². The molecule has 98 valence electrons. The van der Waals surface area contributed by atoms with E-state index in [4.69, 9.17) is 0 Å². The monoisotopic (exact) mass is 323 g/mol. The third kappa shape index (κ3) is 3.54. The predicted octanol–water partition coefficient (Wildman–Crippen LogP) is 3.48. The van der Waals surface area contributed by atoms with Crippen LogP contribution in [0.15, 0.2) is 46.9 Å². The number of hydrogen-bond acceptors (Lipinski definition) is 2. The molecule has 0 spiro atoms. The first-order valence-electron chi connectivity index (χ1n) is 5.58. The summed E-state index contributed by atoms with van der Waals surface area (Å²) in [5.74, 6) is -0.588. The van der Waals surface area contributed by atoms with Gasteiger partial charge >= 0.3 is 0 Å². The molecule has 0 aliphatic rings. The standard InChI is InChI=1S/C14H11BrFNO2/c15-11-8-10(16)5-6-12(11)17-14(19)7-9-3-1-2-4-13(9)18/h1-6,8,18H,7H2,(H,17,19). The largest absolute Gasteiger partial charge is 0.508 e. The Hall–Kier alpha value is -1.88. The molecule has 2 aromatic carbocycles. The van der Waals surface area contributed by atoms with Crippen molar-refractivity contribution in [3.8, 4) is 5.75 Å². The van der Waals surface area contributed by atoms with Gasteiger partial charge in [0.2, 0.25) is 5.91 Å². The minimum absolute atomic E-state index is 0.0521. The summed E-state index contributed by atoms with van der Waals surface area (Å²) < 4.78 is 13.4. The number of phenols is 1. The lowest BCUT2D eigenvalue weighted by molar-refractivity contribution is -0.115. The highest BCUT2D eigenvalue weighted by Crippen LogP contribution is 2.23. The molecule has 0 atom stereocenters. The predicted molar refractivity (Wildman–Crippen MR) is 74.5 cm³/mol. The summed E-state index contributed by atoms with van der Waals surface area (Å²) in [5.41, 5.74) is 1.03. The van der Waals surface area contributed by atoms with E-state index in [1.807, 2.05) is 0 Å². The van der Waals surface area contributed by atoms with Gasteiger partial charge in [0, 0.05) is 10.0 Å². The maximum absolute atomic E-state index is 12.9. The minimum atomic E-state index is -0.384. The molecule has 19 heavy (non-hydrogen) atoms. The van der Waals surface area contributed by atoms with Gasteiger partial charge in [0.25, 0.3) is 0 Å². The average molecular weight is 324 g/mol. The van der Waals surface area contributed by atoms with Gasteiger partial charge in [-0.2, -0.15) is 0 Å². The van der Waals surface area contributed by atoms with E-state index in [-0.39, 0.29) is 23.9 Å². The van der Waals surface area contributed by atoms with E-state index >= 15 is 0 Å². The van der Waals surface area contributed by atoms with Crippen LogP contribution in [-0.2, 0) is 11.2 Å². The van der Waals surface area contributed by atoms with Crippen LogP contribution >= 0.6 is 15.9 Å². The summed E-state index contributed by atoms with van der Waals surface area (Å²) in [6.07, 6.45) is 0.0521. The highest BCUT2D eigenvalue weighted by Gasteiger charge is 2.09. The molecule has 0 saturated carbocycles. The maximum atomic E-state index is 12.9. The highest BCUT2D eigenvalue weighted by molar-refractivity contribution is 9.10. The Morgan fingerprint density at radius 1 is 1.26 bits per heavy atom. The quantitative estimate of drug-likeness (QED) is 0.908. The van der Waals surface area contributed by atoms with Crippen molar-refractivity contribution in [3.05, 3.63) is 58.3 Å². The van der Waals surface area contributed by atoms with Crippen LogP contribution in [0.1, 0.15) is 5.56 Å². The molecule has 0 heterocycles. The van der Waals surface area contributed by atoms with E-state index in [1.165, 1.54) is 24.3 Å². The fraction of sp³-hybridized carbons (Fsp3) is 0.0714. The van der Waals surface area contributed by atoms with Crippen molar-refractivity contribution in [1.82, 2.24) is 0 Å². The lowest BCUT2D eigenvalue weighted by Crippen LogP contribution is -2.14. The van der Waals surface area contributed by atoms with E-state index in [1.54, 1.807) is 18.2 Å². The van der Waals surface area contributed by atoms with Crippen LogP contribution in [0.4, 0.5) is 10.1 Å². The number of hydrogen-bond donors (Lipinski definition) is 2. The Labute approximate surface area is 118 Å². The summed E-state index contributed by atoms with van der Waals surface area (Å²) in [7, 11) is 0. The third-order valence-corrected chi connectivity index (χ3v) is 3.20. The second-order valence-corrected chi connectivity index (χ2v) is 4.83. The highest BCUT2D eigenvalue weighted by atomic mass is 79.9. The number of carbonyl (C=O) groups excluding carboxylic acids is 1. The van der Waals surface area contributed by atoms with Crippen molar-refractivity contribution in [1.29, 1.82) is 0 Å². The number of amides is 1. The van der Waals surface area contributed by atoms with Crippen molar-refractivity contribution >= 4 is 27.5 Å². The van der Waals surface area contributed by atoms with Crippen LogP contribution in [0.25, 0.3) is 0 Å². The molecule has 2 N–H and O–H groups in total. The zero-order chi connectivity index (χ0) is 13.8. The Kier molecular flexibility index (Phi) is 4.16. The first-order chi connectivity index (χ1) is 9.06. The number of anilines is 1. The number of para-hydroxylation sites is 1. The first kappa shape index (κ1) is 13.5. The van der Waals surface area contributed by atoms with E-state index in [9.17, 15) is 14.3 Å². The van der Waals surface area contributed by atoms with Gasteiger partial charge < -0.3 is 10.4 Å². The lowest BCUT2D eigenvalue weighted by Gasteiger charge is -2.08. The SMILES string of the molecule is O=C(Cc1ccccc1O)Nc1ccc(F)cc1Br. The van der Waals surface area contributed by atoms with Crippen LogP contribution in [-0.4, -0.2) is 11.0 Å². The van der Waals surface area contributed by atoms with Crippen molar-refractivity contribution in [2.75, 3.05) is 5.32 Å². The van der Waals surface area contributed by atoms with Crippen LogP contribution < -0.4 is 5.32 Å². The maximum Gasteiger partial charge on any atom is 0.228 e. The van der Waals surface area contributed by atoms with Gasteiger partial charge in [0.1, 0.15) is 11.6 Å². The normalized spacial score (nSPS) is 10.2. The van der Waals surface area contributed by atoms with Crippen LogP contribution in [0, 0.1) is 5.82 Å². The fourth-order valence-corrected chi connectivity index (χ4v) is 2.07. The van der Waals surface area contributed by atoms with Crippen LogP contribution in [0.3, 0.4) is 0 Å². The third-order valence-electron chi connectivity index (χ3n) is 2.55. The van der Waals surface area contributed by atoms with Gasteiger partial charge in [-0.1, -0.05) is 18.2 Å². The van der Waals surface area contributed by atoms with Crippen molar-refractivity contribution in [2.24, 2.45) is 0 Å². The number of phenolic OH excluding ortho intramolecular Hbond substituents is 1. The van der Waals surface area contributed by atoms with Gasteiger partial charge in [0.15, 0.2) is 0 Å². The lowest BCUT2D eigenvalue weighted by atomic mass is 10.1. The number of nitrogens with one attached hydrogen (secondary N) is 1. The summed E-state index contributed by atoms with van der Waals surface area (Å²) in [4.78, 5) is 11.8. The van der Waals surface area contributed by atoms with Gasteiger partial charge in [-0.3, -0.25) is 4.79 Å². The van der Waals surface area contributed by atoms with Crippen molar-refractivity contribution in [2.45, 2.75) is 6.42 Å². The van der Waals surface area contributed by atoms with E-state index in [0.717, 1.165) is 0 Å².